The van der Waals surface area contributed by atoms with Crippen molar-refractivity contribution >= 4 is 23.4 Å². The van der Waals surface area contributed by atoms with Gasteiger partial charge in [-0.15, -0.1) is 11.6 Å². The van der Waals surface area contributed by atoms with Gasteiger partial charge >= 0.3 is 29.6 Å². The number of carbonyl (C=O) groups is 2. The first-order chi connectivity index (χ1) is 25.1. The maximum absolute atomic E-state index is 14.5. The summed E-state index contributed by atoms with van der Waals surface area (Å²) in [6, 6.07) is 17.1. The van der Waals surface area contributed by atoms with E-state index in [0.717, 1.165) is 33.6 Å². The SMILES string of the molecule is Cn1cc(-c2ccc(CCl)c(F)c2)cn1.Cn1cc(-c2ccc(CN3Cc4ncccc4C3=O)c(F)c2)cn1.O=C1NCc2ncccc21.[2H]CF.[H-].[Na+]. The molecular formula is C37H35ClF3N8NaO2. The van der Waals surface area contributed by atoms with Gasteiger partial charge in [0, 0.05) is 67.7 Å². The number of alkyl halides is 2. The predicted octanol–water partition coefficient (Wildman–Crippen LogP) is 3.77. The Morgan fingerprint density at radius 1 is 0.827 bits per heavy atom. The third-order valence-corrected chi connectivity index (χ3v) is 8.28. The number of amides is 2. The van der Waals surface area contributed by atoms with Gasteiger partial charge in [0.25, 0.3) is 11.8 Å². The number of benzene rings is 2. The van der Waals surface area contributed by atoms with Gasteiger partial charge in [-0.25, -0.2) is 8.78 Å². The summed E-state index contributed by atoms with van der Waals surface area (Å²) >= 11 is 5.58. The molecule has 6 heterocycles. The van der Waals surface area contributed by atoms with Gasteiger partial charge in [0.2, 0.25) is 0 Å². The van der Waals surface area contributed by atoms with E-state index in [-0.39, 0.29) is 66.9 Å². The maximum Gasteiger partial charge on any atom is 1.00 e. The number of aryl methyl sites for hydroxylation is 2. The number of nitrogens with zero attached hydrogens (tertiary/aromatic N) is 7. The zero-order valence-corrected chi connectivity index (χ0v) is 31.5. The number of rotatable bonds is 5. The van der Waals surface area contributed by atoms with Crippen LogP contribution in [0.5, 0.6) is 0 Å². The van der Waals surface area contributed by atoms with Crippen molar-refractivity contribution in [3.63, 3.8) is 0 Å². The number of nitrogens with one attached hydrogen (secondary N) is 1. The van der Waals surface area contributed by atoms with Crippen LogP contribution < -0.4 is 34.9 Å². The average Bonchev–Trinajstić information content (AvgIpc) is 3.94. The minimum Gasteiger partial charge on any atom is -1.00 e. The van der Waals surface area contributed by atoms with Crippen molar-refractivity contribution in [3.8, 4) is 22.3 Å². The molecule has 0 unspecified atom stereocenters. The van der Waals surface area contributed by atoms with Crippen LogP contribution in [0.15, 0.2) is 97.8 Å². The topological polar surface area (TPSA) is 111 Å². The Labute approximate surface area is 328 Å². The van der Waals surface area contributed by atoms with Crippen molar-refractivity contribution in [1.29, 1.82) is 0 Å². The molecule has 0 radical (unpaired) electrons. The van der Waals surface area contributed by atoms with E-state index in [1.165, 1.54) is 12.1 Å². The Morgan fingerprint density at radius 3 is 1.85 bits per heavy atom. The number of fused-ring (bicyclic) bond motifs is 2. The van der Waals surface area contributed by atoms with Crippen LogP contribution in [0.1, 0.15) is 46.0 Å². The molecule has 2 aromatic carbocycles. The molecule has 1 N–H and O–H groups in total. The Balaban J connectivity index is 0.000000224. The van der Waals surface area contributed by atoms with E-state index in [9.17, 15) is 22.8 Å². The fourth-order valence-corrected chi connectivity index (χ4v) is 5.61. The van der Waals surface area contributed by atoms with E-state index in [4.69, 9.17) is 13.0 Å². The van der Waals surface area contributed by atoms with Crippen LogP contribution in [0.2, 0.25) is 0 Å². The van der Waals surface area contributed by atoms with Gasteiger partial charge in [-0.2, -0.15) is 10.2 Å². The van der Waals surface area contributed by atoms with Crippen LogP contribution in [0.25, 0.3) is 22.3 Å². The van der Waals surface area contributed by atoms with Crippen molar-refractivity contribution < 1.29 is 55.1 Å². The van der Waals surface area contributed by atoms with Crippen LogP contribution in [-0.2, 0) is 39.6 Å². The molecule has 264 valence electrons. The summed E-state index contributed by atoms with van der Waals surface area (Å²) in [7, 11) is 2.64. The maximum atomic E-state index is 14.5. The van der Waals surface area contributed by atoms with Crippen LogP contribution in [0.4, 0.5) is 13.2 Å². The summed E-state index contributed by atoms with van der Waals surface area (Å²) in [6.07, 6.45) is 10.4. The first-order valence-corrected chi connectivity index (χ1v) is 16.1. The number of hydrogen-bond donors (Lipinski definition) is 1. The van der Waals surface area contributed by atoms with Gasteiger partial charge < -0.3 is 11.6 Å². The number of halogens is 4. The van der Waals surface area contributed by atoms with Crippen molar-refractivity contribution in [3.05, 3.63) is 143 Å². The molecule has 8 rings (SSSR count). The van der Waals surface area contributed by atoms with E-state index in [1.807, 2.05) is 38.6 Å². The molecule has 2 amide bonds. The fraction of sp³-hybridized carbons (Fsp3) is 0.189. The Morgan fingerprint density at radius 2 is 1.37 bits per heavy atom. The molecule has 10 nitrogen and oxygen atoms in total. The molecule has 52 heavy (non-hydrogen) atoms. The Hall–Kier alpha value is -4.82. The molecule has 0 bridgehead atoms. The summed E-state index contributed by atoms with van der Waals surface area (Å²) in [5.74, 6) is -0.518. The normalized spacial score (nSPS) is 12.4. The summed E-state index contributed by atoms with van der Waals surface area (Å²) < 4.78 is 46.8. The van der Waals surface area contributed by atoms with Gasteiger partial charge in [0.1, 0.15) is 11.6 Å². The monoisotopic (exact) mass is 739 g/mol. The molecule has 0 saturated heterocycles. The second-order valence-corrected chi connectivity index (χ2v) is 11.7. The molecule has 0 atom stereocenters. The van der Waals surface area contributed by atoms with E-state index in [1.54, 1.807) is 75.4 Å². The summed E-state index contributed by atoms with van der Waals surface area (Å²) in [4.78, 5) is 33.1. The quantitative estimate of drug-likeness (QED) is 0.213. The zero-order chi connectivity index (χ0) is 37.2. The predicted molar refractivity (Wildman–Crippen MR) is 188 cm³/mol. The summed E-state index contributed by atoms with van der Waals surface area (Å²) in [6.45, 7) is 1.22. The molecule has 0 fully saturated rings. The number of pyridine rings is 2. The van der Waals surface area contributed by atoms with Crippen LogP contribution in [0, 0.1) is 11.6 Å². The van der Waals surface area contributed by atoms with Crippen LogP contribution >= 0.6 is 11.6 Å². The number of carbonyl (C=O) groups excluding carboxylic acids is 2. The first-order valence-electron chi connectivity index (χ1n) is 16.2. The Kier molecular flexibility index (Phi) is 13.7. The molecule has 2 aliphatic rings. The molecule has 6 aromatic rings. The average molecular weight is 740 g/mol. The van der Waals surface area contributed by atoms with E-state index in [0.29, 0.717) is 35.3 Å². The van der Waals surface area contributed by atoms with Crippen LogP contribution in [-0.4, -0.2) is 53.4 Å². The smallest absolute Gasteiger partial charge is 1.00 e. The van der Waals surface area contributed by atoms with Gasteiger partial charge in [-0.3, -0.25) is 33.3 Å². The molecule has 0 saturated carbocycles. The van der Waals surface area contributed by atoms with E-state index >= 15 is 0 Å². The zero-order valence-electron chi connectivity index (χ0n) is 30.7. The third kappa shape index (κ3) is 9.53. The summed E-state index contributed by atoms with van der Waals surface area (Å²) in [5, 5.41) is 10.8. The standard InChI is InChI=1S/C18H15FN4O.C11H10ClFN2.C7H6N2O.CH3F.Na.H/c1-22-9-14(8-21-22)12-4-5-13(16(19)7-12)10-23-11-17-15(18(23)24)3-2-6-20-17;1-15-7-10(6-14-15)8-2-3-9(5-12)11(13)4-8;10-7-5-2-1-3-8-6(5)4-9-7;1-2;;/h2-9H,10-11H2,1H3;2-4,6-7H,5H2,1H3;1-3H,4H2,(H,9,10);1H3;;/q;;;;+1;-1/i;;;1D;;. The van der Waals surface area contributed by atoms with E-state index in [2.05, 4.69) is 25.5 Å². The Bertz CT molecular complexity index is 2190. The van der Waals surface area contributed by atoms with Gasteiger partial charge in [-0.05, 0) is 47.5 Å². The van der Waals surface area contributed by atoms with Gasteiger partial charge in [0.05, 0.1) is 62.4 Å². The largest absolute Gasteiger partial charge is 1.00 e. The third-order valence-electron chi connectivity index (χ3n) is 7.99. The summed E-state index contributed by atoms with van der Waals surface area (Å²) in [5.41, 5.74) is 7.26. The minimum atomic E-state index is -1.00. The molecule has 4 aromatic heterocycles. The second kappa shape index (κ2) is 18.6. The van der Waals surface area contributed by atoms with Crippen molar-refractivity contribution in [2.24, 2.45) is 14.1 Å². The van der Waals surface area contributed by atoms with E-state index < -0.39 is 7.15 Å². The van der Waals surface area contributed by atoms with Crippen molar-refractivity contribution in [1.82, 2.24) is 39.7 Å². The van der Waals surface area contributed by atoms with Crippen LogP contribution in [0.3, 0.4) is 0 Å². The van der Waals surface area contributed by atoms with Gasteiger partial charge in [0.15, 0.2) is 0 Å². The number of hydrogen-bond acceptors (Lipinski definition) is 6. The molecular weight excluding hydrogens is 704 g/mol. The second-order valence-electron chi connectivity index (χ2n) is 11.4. The number of aromatic nitrogens is 6. The molecule has 0 spiro atoms. The van der Waals surface area contributed by atoms with Crippen molar-refractivity contribution in [2.75, 3.05) is 7.15 Å². The fourth-order valence-electron chi connectivity index (χ4n) is 5.39. The molecule has 15 heteroatoms. The molecule has 0 aliphatic carbocycles. The van der Waals surface area contributed by atoms with Gasteiger partial charge in [-0.1, -0.05) is 24.3 Å². The van der Waals surface area contributed by atoms with Crippen molar-refractivity contribution in [2.45, 2.75) is 25.5 Å². The minimum absolute atomic E-state index is 0. The molecule has 2 aliphatic heterocycles. The first kappa shape index (κ1) is 38.4.